The molecule has 0 aliphatic carbocycles. The van der Waals surface area contributed by atoms with Crippen molar-refractivity contribution in [2.45, 2.75) is 13.3 Å². The maximum absolute atomic E-state index is 8.76. The lowest BCUT2D eigenvalue weighted by molar-refractivity contribution is -0.345. The highest BCUT2D eigenvalue weighted by molar-refractivity contribution is 5.77. The van der Waals surface area contributed by atoms with Gasteiger partial charge in [0, 0.05) is 17.0 Å². The zero-order valence-corrected chi connectivity index (χ0v) is 8.04. The molecule has 0 radical (unpaired) electrons. The average Bonchev–Trinajstić information content (AvgIpc) is 2.27. The standard InChI is InChI=1S/C12H10N2/c1-2-9-5-11-6-10(7-13)3-4-12(11)14-8-9/h3-6,8H,2H2,1H3/p+1. The molecule has 0 saturated carbocycles. The highest BCUT2D eigenvalue weighted by atomic mass is 14.6. The number of hydrogen-bond acceptors (Lipinski definition) is 1. The number of nitrogens with zero attached hydrogens (tertiary/aromatic N) is 1. The van der Waals surface area contributed by atoms with Gasteiger partial charge in [0.15, 0.2) is 6.20 Å². The van der Waals surface area contributed by atoms with E-state index >= 15 is 0 Å². The summed E-state index contributed by atoms with van der Waals surface area (Å²) in [7, 11) is 0. The van der Waals surface area contributed by atoms with E-state index in [4.69, 9.17) is 5.26 Å². The summed E-state index contributed by atoms with van der Waals surface area (Å²) < 4.78 is 0. The summed E-state index contributed by atoms with van der Waals surface area (Å²) in [4.78, 5) is 3.21. The zero-order valence-electron chi connectivity index (χ0n) is 8.04. The number of fused-ring (bicyclic) bond motifs is 1. The number of nitriles is 1. The molecule has 68 valence electrons. The van der Waals surface area contributed by atoms with Crippen LogP contribution in [0.1, 0.15) is 18.1 Å². The van der Waals surface area contributed by atoms with E-state index in [1.807, 2.05) is 24.4 Å². The van der Waals surface area contributed by atoms with Gasteiger partial charge in [-0.05, 0) is 24.6 Å². The van der Waals surface area contributed by atoms with Gasteiger partial charge in [0.2, 0.25) is 5.52 Å². The van der Waals surface area contributed by atoms with E-state index in [1.165, 1.54) is 5.56 Å². The molecule has 0 spiro atoms. The molecule has 0 aliphatic heterocycles. The molecule has 0 amide bonds. The number of benzene rings is 1. The lowest BCUT2D eigenvalue weighted by Gasteiger charge is -1.95. The van der Waals surface area contributed by atoms with Crippen molar-refractivity contribution in [2.24, 2.45) is 0 Å². The fourth-order valence-electron chi connectivity index (χ4n) is 1.50. The van der Waals surface area contributed by atoms with Gasteiger partial charge in [0.25, 0.3) is 0 Å². The third kappa shape index (κ3) is 1.45. The Morgan fingerprint density at radius 3 is 2.93 bits per heavy atom. The van der Waals surface area contributed by atoms with Gasteiger partial charge in [-0.25, -0.2) is 4.98 Å². The van der Waals surface area contributed by atoms with Gasteiger partial charge in [0.05, 0.1) is 11.6 Å². The summed E-state index contributed by atoms with van der Waals surface area (Å²) in [5.41, 5.74) is 3.04. The lowest BCUT2D eigenvalue weighted by atomic mass is 10.1. The van der Waals surface area contributed by atoms with E-state index in [0.717, 1.165) is 17.3 Å². The minimum atomic E-state index is 0.708. The number of aromatic amines is 1. The molecule has 0 bridgehead atoms. The number of aryl methyl sites for hydroxylation is 1. The Morgan fingerprint density at radius 1 is 1.36 bits per heavy atom. The maximum atomic E-state index is 8.76. The predicted octanol–water partition coefficient (Wildman–Crippen LogP) is 2.09. The molecule has 1 aromatic heterocycles. The van der Waals surface area contributed by atoms with Crippen molar-refractivity contribution < 1.29 is 4.98 Å². The molecule has 1 heterocycles. The predicted molar refractivity (Wildman–Crippen MR) is 54.6 cm³/mol. The Kier molecular flexibility index (Phi) is 2.16. The molecule has 0 saturated heterocycles. The summed E-state index contributed by atoms with van der Waals surface area (Å²) >= 11 is 0. The molecule has 2 heteroatoms. The van der Waals surface area contributed by atoms with Crippen molar-refractivity contribution in [3.8, 4) is 6.07 Å². The first kappa shape index (κ1) is 8.71. The average molecular weight is 183 g/mol. The van der Waals surface area contributed by atoms with Crippen LogP contribution in [-0.4, -0.2) is 0 Å². The Labute approximate surface area is 82.8 Å². The lowest BCUT2D eigenvalue weighted by Crippen LogP contribution is -2.04. The molecular formula is C12H11N2+. The smallest absolute Gasteiger partial charge is 0.210 e. The van der Waals surface area contributed by atoms with Crippen molar-refractivity contribution in [3.05, 3.63) is 41.6 Å². The molecule has 2 rings (SSSR count). The summed E-state index contributed by atoms with van der Waals surface area (Å²) in [6.45, 7) is 2.11. The first-order valence-electron chi connectivity index (χ1n) is 4.68. The van der Waals surface area contributed by atoms with Crippen LogP contribution in [0.4, 0.5) is 0 Å². The number of aromatic nitrogens is 1. The van der Waals surface area contributed by atoms with Crippen LogP contribution in [0.25, 0.3) is 10.9 Å². The van der Waals surface area contributed by atoms with E-state index < -0.39 is 0 Å². The molecule has 0 fully saturated rings. The Balaban J connectivity index is 2.67. The van der Waals surface area contributed by atoms with Gasteiger partial charge in [-0.2, -0.15) is 5.26 Å². The van der Waals surface area contributed by atoms with Crippen molar-refractivity contribution >= 4 is 10.9 Å². The fourth-order valence-corrected chi connectivity index (χ4v) is 1.50. The van der Waals surface area contributed by atoms with Crippen molar-refractivity contribution in [1.82, 2.24) is 0 Å². The highest BCUT2D eigenvalue weighted by Crippen LogP contribution is 2.12. The van der Waals surface area contributed by atoms with Crippen LogP contribution in [-0.2, 0) is 6.42 Å². The first-order chi connectivity index (χ1) is 6.83. The largest absolute Gasteiger partial charge is 0.211 e. The number of pyridine rings is 1. The molecule has 2 nitrogen and oxygen atoms in total. The molecule has 1 N–H and O–H groups in total. The summed E-state index contributed by atoms with van der Waals surface area (Å²) in [5, 5.41) is 9.86. The van der Waals surface area contributed by atoms with Gasteiger partial charge in [-0.15, -0.1) is 0 Å². The second-order valence-electron chi connectivity index (χ2n) is 3.28. The number of rotatable bonds is 1. The quantitative estimate of drug-likeness (QED) is 0.667. The Morgan fingerprint density at radius 2 is 2.21 bits per heavy atom. The number of H-pyrrole nitrogens is 1. The monoisotopic (exact) mass is 183 g/mol. The molecule has 0 aliphatic rings. The van der Waals surface area contributed by atoms with Gasteiger partial charge < -0.3 is 0 Å². The Bertz CT molecular complexity index is 509. The van der Waals surface area contributed by atoms with Crippen molar-refractivity contribution in [3.63, 3.8) is 0 Å². The van der Waals surface area contributed by atoms with E-state index in [1.54, 1.807) is 0 Å². The van der Waals surface area contributed by atoms with E-state index in [0.29, 0.717) is 5.56 Å². The molecule has 0 atom stereocenters. The molecule has 0 unspecified atom stereocenters. The van der Waals surface area contributed by atoms with Crippen molar-refractivity contribution in [1.29, 1.82) is 5.26 Å². The van der Waals surface area contributed by atoms with Crippen LogP contribution in [0.3, 0.4) is 0 Å². The topological polar surface area (TPSA) is 37.9 Å². The Hall–Kier alpha value is -1.88. The number of nitrogens with one attached hydrogen (secondary N) is 1. The van der Waals surface area contributed by atoms with E-state index in [9.17, 15) is 0 Å². The van der Waals surface area contributed by atoms with Gasteiger partial charge >= 0.3 is 0 Å². The number of hydrogen-bond donors (Lipinski definition) is 0. The third-order valence-electron chi connectivity index (χ3n) is 2.34. The minimum absolute atomic E-state index is 0.708. The van der Waals surface area contributed by atoms with Gasteiger partial charge in [-0.1, -0.05) is 6.92 Å². The molecular weight excluding hydrogens is 172 g/mol. The van der Waals surface area contributed by atoms with E-state index in [2.05, 4.69) is 24.0 Å². The SMILES string of the molecule is CCc1c[nH+]c2ccc(C#N)cc2c1. The molecule has 14 heavy (non-hydrogen) atoms. The van der Waals surface area contributed by atoms with Gasteiger partial charge in [0.1, 0.15) is 0 Å². The zero-order chi connectivity index (χ0) is 9.97. The van der Waals surface area contributed by atoms with Gasteiger partial charge in [-0.3, -0.25) is 0 Å². The van der Waals surface area contributed by atoms with Crippen LogP contribution in [0, 0.1) is 11.3 Å². The van der Waals surface area contributed by atoms with Crippen molar-refractivity contribution in [2.75, 3.05) is 0 Å². The highest BCUT2D eigenvalue weighted by Gasteiger charge is 2.02. The molecule has 1 aromatic carbocycles. The second kappa shape index (κ2) is 3.47. The second-order valence-corrected chi connectivity index (χ2v) is 3.28. The van der Waals surface area contributed by atoms with E-state index in [-0.39, 0.29) is 0 Å². The first-order valence-corrected chi connectivity index (χ1v) is 4.68. The van der Waals surface area contributed by atoms with Crippen LogP contribution in [0.15, 0.2) is 30.5 Å². The van der Waals surface area contributed by atoms with Crippen LogP contribution in [0.2, 0.25) is 0 Å². The summed E-state index contributed by atoms with van der Waals surface area (Å²) in [6, 6.07) is 9.93. The van der Waals surface area contributed by atoms with Crippen LogP contribution < -0.4 is 4.98 Å². The maximum Gasteiger partial charge on any atom is 0.210 e. The van der Waals surface area contributed by atoms with Crippen LogP contribution >= 0.6 is 0 Å². The summed E-state index contributed by atoms with van der Waals surface area (Å²) in [5.74, 6) is 0. The summed E-state index contributed by atoms with van der Waals surface area (Å²) in [6.07, 6.45) is 3.01. The molecule has 2 aromatic rings. The normalized spacial score (nSPS) is 10.0. The van der Waals surface area contributed by atoms with Crippen LogP contribution in [0.5, 0.6) is 0 Å². The fraction of sp³-hybridized carbons (Fsp3) is 0.167. The minimum Gasteiger partial charge on any atom is -0.211 e. The third-order valence-corrected chi connectivity index (χ3v) is 2.34.